The van der Waals surface area contributed by atoms with Gasteiger partial charge in [-0.2, -0.15) is 0 Å². The summed E-state index contributed by atoms with van der Waals surface area (Å²) in [6.07, 6.45) is 0.636. The minimum absolute atomic E-state index is 0.141. The number of carbonyl (C=O) groups is 1. The number of aromatic nitrogens is 2. The highest BCUT2D eigenvalue weighted by atomic mass is 19.1. The number of carbonyl (C=O) groups excluding carboxylic acids is 1. The van der Waals surface area contributed by atoms with Crippen LogP contribution in [0, 0.1) is 5.82 Å². The summed E-state index contributed by atoms with van der Waals surface area (Å²) >= 11 is 0. The highest BCUT2D eigenvalue weighted by molar-refractivity contribution is 5.77. The normalized spacial score (nSPS) is 21.9. The van der Waals surface area contributed by atoms with Crippen LogP contribution in [0.2, 0.25) is 0 Å². The second kappa shape index (κ2) is 6.41. The lowest BCUT2D eigenvalue weighted by Gasteiger charge is -2.28. The number of nitrogens with zero attached hydrogens (tertiary/aromatic N) is 1. The summed E-state index contributed by atoms with van der Waals surface area (Å²) in [5, 5.41) is 12.5. The van der Waals surface area contributed by atoms with Crippen LogP contribution in [0.4, 0.5) is 4.39 Å². The number of fused-ring (bicyclic) bond motifs is 1. The number of aliphatic hydroxyl groups excluding tert-OH is 1. The summed E-state index contributed by atoms with van der Waals surface area (Å²) in [5.41, 5.74) is 1.30. The molecule has 1 fully saturated rings. The molecule has 1 amide bonds. The number of aryl methyl sites for hydroxylation is 1. The highest BCUT2D eigenvalue weighted by Crippen LogP contribution is 2.14. The number of hydrogen-bond donors (Lipinski definition) is 3. The maximum absolute atomic E-state index is 13.1. The summed E-state index contributed by atoms with van der Waals surface area (Å²) in [5.74, 6) is 0.176. The van der Waals surface area contributed by atoms with Crippen molar-refractivity contribution in [2.45, 2.75) is 31.4 Å². The number of hydrogen-bond acceptors (Lipinski definition) is 4. The van der Waals surface area contributed by atoms with E-state index in [1.165, 1.54) is 12.1 Å². The summed E-state index contributed by atoms with van der Waals surface area (Å²) in [7, 11) is 0. The van der Waals surface area contributed by atoms with Crippen molar-refractivity contribution in [3.63, 3.8) is 0 Å². The average molecular weight is 307 g/mol. The molecule has 0 bridgehead atoms. The van der Waals surface area contributed by atoms with E-state index < -0.39 is 6.10 Å². The molecule has 118 valence electrons. The lowest BCUT2D eigenvalue weighted by molar-refractivity contribution is -0.124. The zero-order valence-electron chi connectivity index (χ0n) is 12.0. The molecule has 2 heterocycles. The molecule has 2 atom stereocenters. The number of aromatic amines is 1. The molecule has 22 heavy (non-hydrogen) atoms. The van der Waals surface area contributed by atoms with Gasteiger partial charge in [0.1, 0.15) is 11.6 Å². The third kappa shape index (κ3) is 3.42. The molecule has 1 aromatic heterocycles. The van der Waals surface area contributed by atoms with Crippen LogP contribution in [0.5, 0.6) is 0 Å². The van der Waals surface area contributed by atoms with E-state index in [0.29, 0.717) is 36.3 Å². The summed E-state index contributed by atoms with van der Waals surface area (Å²) in [6.45, 7) is 0.789. The predicted octanol–water partition coefficient (Wildman–Crippen LogP) is 0.901. The molecule has 0 radical (unpaired) electrons. The molecule has 0 unspecified atom stereocenters. The molecule has 2 aromatic rings. The van der Waals surface area contributed by atoms with E-state index in [9.17, 15) is 14.3 Å². The molecule has 0 aliphatic carbocycles. The van der Waals surface area contributed by atoms with Crippen LogP contribution in [-0.4, -0.2) is 46.3 Å². The quantitative estimate of drug-likeness (QED) is 0.783. The summed E-state index contributed by atoms with van der Waals surface area (Å²) < 4.78 is 18.2. The molecule has 1 saturated heterocycles. The van der Waals surface area contributed by atoms with Crippen LogP contribution in [0.25, 0.3) is 11.0 Å². The van der Waals surface area contributed by atoms with Gasteiger partial charge < -0.3 is 20.1 Å². The van der Waals surface area contributed by atoms with E-state index in [1.807, 2.05) is 0 Å². The Morgan fingerprint density at radius 1 is 1.55 bits per heavy atom. The average Bonchev–Trinajstić information content (AvgIpc) is 2.89. The van der Waals surface area contributed by atoms with E-state index in [2.05, 4.69) is 15.3 Å². The van der Waals surface area contributed by atoms with Crippen molar-refractivity contribution in [3.8, 4) is 0 Å². The van der Waals surface area contributed by atoms with Crippen molar-refractivity contribution in [3.05, 3.63) is 29.8 Å². The monoisotopic (exact) mass is 307 g/mol. The highest BCUT2D eigenvalue weighted by Gasteiger charge is 2.24. The van der Waals surface area contributed by atoms with Crippen molar-refractivity contribution in [2.75, 3.05) is 13.2 Å². The number of aliphatic hydroxyl groups is 1. The zero-order chi connectivity index (χ0) is 15.5. The van der Waals surface area contributed by atoms with Gasteiger partial charge in [0.25, 0.3) is 0 Å². The molecular formula is C15H18FN3O3. The number of nitrogens with one attached hydrogen (secondary N) is 2. The van der Waals surface area contributed by atoms with Gasteiger partial charge in [-0.1, -0.05) is 0 Å². The zero-order valence-corrected chi connectivity index (χ0v) is 12.0. The molecule has 6 nitrogen and oxygen atoms in total. The Hall–Kier alpha value is -1.99. The smallest absolute Gasteiger partial charge is 0.220 e. The first kappa shape index (κ1) is 14.9. The van der Waals surface area contributed by atoms with Gasteiger partial charge in [0.2, 0.25) is 5.91 Å². The Morgan fingerprint density at radius 3 is 3.23 bits per heavy atom. The van der Waals surface area contributed by atoms with Crippen LogP contribution >= 0.6 is 0 Å². The molecule has 1 aromatic carbocycles. The minimum atomic E-state index is -0.660. The molecule has 1 aliphatic heterocycles. The van der Waals surface area contributed by atoms with Crippen LogP contribution in [0.3, 0.4) is 0 Å². The van der Waals surface area contributed by atoms with Crippen molar-refractivity contribution < 1.29 is 19.0 Å². The second-order valence-corrected chi connectivity index (χ2v) is 5.45. The van der Waals surface area contributed by atoms with Crippen molar-refractivity contribution in [1.82, 2.24) is 15.3 Å². The van der Waals surface area contributed by atoms with Crippen LogP contribution in [0.15, 0.2) is 18.2 Å². The standard InChI is InChI=1S/C15H18FN3O3/c16-9-1-2-10-12(7-9)18-14(17-10)3-4-15(21)19-11-5-6-22-8-13(11)20/h1-2,7,11,13,20H,3-6,8H2,(H,17,18)(H,19,21)/t11-,13-/m1/s1. The fourth-order valence-corrected chi connectivity index (χ4v) is 2.56. The van der Waals surface area contributed by atoms with Gasteiger partial charge in [0, 0.05) is 19.4 Å². The summed E-state index contributed by atoms with van der Waals surface area (Å²) in [4.78, 5) is 19.3. The number of halogens is 1. The fourth-order valence-electron chi connectivity index (χ4n) is 2.56. The second-order valence-electron chi connectivity index (χ2n) is 5.45. The lowest BCUT2D eigenvalue weighted by Crippen LogP contribution is -2.48. The molecule has 3 N–H and O–H groups in total. The Kier molecular flexibility index (Phi) is 4.35. The van der Waals surface area contributed by atoms with Gasteiger partial charge in [-0.15, -0.1) is 0 Å². The third-order valence-corrected chi connectivity index (χ3v) is 3.75. The van der Waals surface area contributed by atoms with Crippen LogP contribution in [-0.2, 0) is 16.0 Å². The Bertz CT molecular complexity index is 673. The Morgan fingerprint density at radius 2 is 2.41 bits per heavy atom. The molecule has 1 aliphatic rings. The van der Waals surface area contributed by atoms with Gasteiger partial charge in [-0.05, 0) is 24.6 Å². The van der Waals surface area contributed by atoms with Crippen molar-refractivity contribution >= 4 is 16.9 Å². The molecule has 0 spiro atoms. The van der Waals surface area contributed by atoms with E-state index in [1.54, 1.807) is 6.07 Å². The van der Waals surface area contributed by atoms with Gasteiger partial charge >= 0.3 is 0 Å². The molecule has 3 rings (SSSR count). The van der Waals surface area contributed by atoms with Crippen molar-refractivity contribution in [2.24, 2.45) is 0 Å². The number of H-pyrrole nitrogens is 1. The first-order valence-corrected chi connectivity index (χ1v) is 7.31. The minimum Gasteiger partial charge on any atom is -0.389 e. The number of benzene rings is 1. The van der Waals surface area contributed by atoms with Crippen LogP contribution < -0.4 is 5.32 Å². The first-order valence-electron chi connectivity index (χ1n) is 7.31. The number of rotatable bonds is 4. The van der Waals surface area contributed by atoms with Crippen molar-refractivity contribution in [1.29, 1.82) is 0 Å². The van der Waals surface area contributed by atoms with Crippen LogP contribution in [0.1, 0.15) is 18.7 Å². The number of imidazole rings is 1. The maximum atomic E-state index is 13.1. The fraction of sp³-hybridized carbons (Fsp3) is 0.467. The molecular weight excluding hydrogens is 289 g/mol. The third-order valence-electron chi connectivity index (χ3n) is 3.75. The molecule has 7 heteroatoms. The SMILES string of the molecule is O=C(CCc1nc2ccc(F)cc2[nH]1)N[C@@H]1CCOC[C@H]1O. The number of ether oxygens (including phenoxy) is 1. The Labute approximate surface area is 126 Å². The van der Waals surface area contributed by atoms with E-state index in [-0.39, 0.29) is 30.8 Å². The number of amides is 1. The Balaban J connectivity index is 1.55. The van der Waals surface area contributed by atoms with Gasteiger partial charge in [0.05, 0.1) is 29.8 Å². The van der Waals surface area contributed by atoms with E-state index >= 15 is 0 Å². The van der Waals surface area contributed by atoms with E-state index in [4.69, 9.17) is 4.74 Å². The predicted molar refractivity (Wildman–Crippen MR) is 77.7 cm³/mol. The topological polar surface area (TPSA) is 87.2 Å². The van der Waals surface area contributed by atoms with Gasteiger partial charge in [-0.3, -0.25) is 4.79 Å². The molecule has 0 saturated carbocycles. The van der Waals surface area contributed by atoms with E-state index in [0.717, 1.165) is 0 Å². The van der Waals surface area contributed by atoms with Gasteiger partial charge in [-0.25, -0.2) is 9.37 Å². The first-order chi connectivity index (χ1) is 10.6. The lowest BCUT2D eigenvalue weighted by atomic mass is 10.1. The largest absolute Gasteiger partial charge is 0.389 e. The maximum Gasteiger partial charge on any atom is 0.220 e. The van der Waals surface area contributed by atoms with Gasteiger partial charge in [0.15, 0.2) is 0 Å². The summed E-state index contributed by atoms with van der Waals surface area (Å²) in [6, 6.07) is 4.07.